The van der Waals surface area contributed by atoms with Gasteiger partial charge in [0.1, 0.15) is 5.25 Å². The average molecular weight is 585 g/mol. The van der Waals surface area contributed by atoms with Crippen LogP contribution in [0.4, 0.5) is 11.4 Å². The number of nitrogens with one attached hydrogen (secondary N) is 1. The van der Waals surface area contributed by atoms with Gasteiger partial charge in [-0.05, 0) is 41.3 Å². The Morgan fingerprint density at radius 2 is 1.66 bits per heavy atom. The summed E-state index contributed by atoms with van der Waals surface area (Å²) in [6.45, 7) is 4.11. The van der Waals surface area contributed by atoms with Crippen LogP contribution in [0.5, 0.6) is 0 Å². The van der Waals surface area contributed by atoms with E-state index >= 15 is 0 Å². The van der Waals surface area contributed by atoms with Crippen molar-refractivity contribution in [1.29, 1.82) is 0 Å². The number of rotatable bonds is 8. The van der Waals surface area contributed by atoms with Crippen molar-refractivity contribution in [2.24, 2.45) is 0 Å². The molecule has 0 aliphatic heterocycles. The Bertz CT molecular complexity index is 1830. The molecule has 0 radical (unpaired) electrons. The highest BCUT2D eigenvalue weighted by atomic mass is 35.5. The molecule has 0 saturated heterocycles. The average Bonchev–Trinajstić information content (AvgIpc) is 2.97. The Morgan fingerprint density at radius 1 is 0.976 bits per heavy atom. The summed E-state index contributed by atoms with van der Waals surface area (Å²) in [6, 6.07) is 27.8. The Hall–Kier alpha value is -4.47. The SMILES string of the molecule is CC(C)c1ccccc1-n1c(SC(C(=O)Nc2ccc([N+](=O)[O-])cc2Cl)c2ccccc2)nc2ccccc2c1=O. The Labute approximate surface area is 245 Å². The molecule has 1 N–H and O–H groups in total. The summed E-state index contributed by atoms with van der Waals surface area (Å²) >= 11 is 7.43. The number of halogens is 1. The lowest BCUT2D eigenvalue weighted by Gasteiger charge is -2.21. The second kappa shape index (κ2) is 12.0. The number of nitro groups is 1. The van der Waals surface area contributed by atoms with Crippen LogP contribution in [-0.2, 0) is 4.79 Å². The van der Waals surface area contributed by atoms with E-state index in [1.54, 1.807) is 22.8 Å². The first-order valence-electron chi connectivity index (χ1n) is 12.8. The molecule has 1 heterocycles. The summed E-state index contributed by atoms with van der Waals surface area (Å²) in [5.41, 5.74) is 2.67. The van der Waals surface area contributed by atoms with E-state index in [9.17, 15) is 19.7 Å². The molecule has 4 aromatic carbocycles. The van der Waals surface area contributed by atoms with Crippen molar-refractivity contribution in [3.63, 3.8) is 0 Å². The normalized spacial score (nSPS) is 11.9. The summed E-state index contributed by atoms with van der Waals surface area (Å²) < 4.78 is 1.57. The number of nitrogens with zero attached hydrogens (tertiary/aromatic N) is 3. The quantitative estimate of drug-likeness (QED) is 0.0873. The van der Waals surface area contributed by atoms with Crippen molar-refractivity contribution >= 4 is 51.5 Å². The molecule has 41 heavy (non-hydrogen) atoms. The molecule has 0 aliphatic rings. The minimum Gasteiger partial charge on any atom is -0.323 e. The van der Waals surface area contributed by atoms with E-state index in [1.807, 2.05) is 60.7 Å². The standard InChI is InChI=1S/C31H25ClN4O4S/c1-19(2)22-12-7-9-15-27(22)35-30(38)23-13-6-8-14-25(23)34-31(35)41-28(20-10-4-3-5-11-20)29(37)33-26-17-16-21(36(39)40)18-24(26)32/h3-19,28H,1-2H3,(H,33,37). The van der Waals surface area contributed by atoms with Gasteiger partial charge >= 0.3 is 0 Å². The molecular formula is C31H25ClN4O4S. The number of benzene rings is 4. The molecule has 206 valence electrons. The summed E-state index contributed by atoms with van der Waals surface area (Å²) in [4.78, 5) is 43.2. The van der Waals surface area contributed by atoms with Gasteiger partial charge in [-0.15, -0.1) is 0 Å². The van der Waals surface area contributed by atoms with Crippen molar-refractivity contribution in [1.82, 2.24) is 9.55 Å². The zero-order valence-electron chi connectivity index (χ0n) is 22.2. The smallest absolute Gasteiger partial charge is 0.271 e. The third-order valence-corrected chi connectivity index (χ3v) is 8.05. The molecule has 0 spiro atoms. The first-order valence-corrected chi connectivity index (χ1v) is 14.1. The number of carbonyl (C=O) groups excluding carboxylic acids is 1. The molecule has 5 aromatic rings. The number of hydrogen-bond donors (Lipinski definition) is 1. The zero-order valence-corrected chi connectivity index (χ0v) is 23.7. The fourth-order valence-electron chi connectivity index (χ4n) is 4.51. The first-order chi connectivity index (χ1) is 19.7. The molecule has 1 atom stereocenters. The molecule has 0 saturated carbocycles. The zero-order chi connectivity index (χ0) is 29.1. The number of nitro benzene ring substituents is 1. The van der Waals surface area contributed by atoms with E-state index in [-0.39, 0.29) is 27.9 Å². The van der Waals surface area contributed by atoms with Gasteiger partial charge in [0.15, 0.2) is 5.16 Å². The molecule has 10 heteroatoms. The highest BCUT2D eigenvalue weighted by Gasteiger charge is 2.27. The largest absolute Gasteiger partial charge is 0.323 e. The van der Waals surface area contributed by atoms with Crippen LogP contribution in [0.2, 0.25) is 5.02 Å². The number of anilines is 1. The van der Waals surface area contributed by atoms with Crippen molar-refractivity contribution in [2.75, 3.05) is 5.32 Å². The molecule has 5 rings (SSSR count). The van der Waals surface area contributed by atoms with Crippen molar-refractivity contribution in [3.05, 3.63) is 134 Å². The topological polar surface area (TPSA) is 107 Å². The minimum atomic E-state index is -0.840. The van der Waals surface area contributed by atoms with Crippen LogP contribution in [-0.4, -0.2) is 20.4 Å². The fraction of sp³-hybridized carbons (Fsp3) is 0.129. The van der Waals surface area contributed by atoms with Crippen LogP contribution in [0.15, 0.2) is 107 Å². The van der Waals surface area contributed by atoms with Crippen LogP contribution in [0.3, 0.4) is 0 Å². The van der Waals surface area contributed by atoms with Gasteiger partial charge in [0.25, 0.3) is 11.2 Å². The van der Waals surface area contributed by atoms with Crippen LogP contribution in [0.1, 0.15) is 36.1 Å². The van der Waals surface area contributed by atoms with E-state index in [4.69, 9.17) is 16.6 Å². The lowest BCUT2D eigenvalue weighted by Crippen LogP contribution is -2.25. The number of fused-ring (bicyclic) bond motifs is 1. The third kappa shape index (κ3) is 5.86. The summed E-state index contributed by atoms with van der Waals surface area (Å²) in [5, 5.41) is 14.0. The fourth-order valence-corrected chi connectivity index (χ4v) is 5.84. The second-order valence-electron chi connectivity index (χ2n) is 9.58. The second-order valence-corrected chi connectivity index (χ2v) is 11.1. The van der Waals surface area contributed by atoms with Crippen molar-refractivity contribution in [2.45, 2.75) is 30.2 Å². The van der Waals surface area contributed by atoms with Gasteiger partial charge < -0.3 is 5.32 Å². The van der Waals surface area contributed by atoms with Crippen molar-refractivity contribution < 1.29 is 9.72 Å². The molecule has 0 bridgehead atoms. The van der Waals surface area contributed by atoms with E-state index < -0.39 is 16.1 Å². The Balaban J connectivity index is 1.64. The maximum Gasteiger partial charge on any atom is 0.271 e. The summed E-state index contributed by atoms with van der Waals surface area (Å²) in [6.07, 6.45) is 0. The highest BCUT2D eigenvalue weighted by Crippen LogP contribution is 2.38. The Morgan fingerprint density at radius 3 is 2.37 bits per heavy atom. The van der Waals surface area contributed by atoms with Gasteiger partial charge in [-0.1, -0.05) is 97.9 Å². The number of hydrogen-bond acceptors (Lipinski definition) is 6. The maximum absolute atomic E-state index is 14.0. The number of para-hydroxylation sites is 2. The molecule has 0 aliphatic carbocycles. The third-order valence-electron chi connectivity index (χ3n) is 6.53. The lowest BCUT2D eigenvalue weighted by molar-refractivity contribution is -0.384. The predicted molar refractivity (Wildman–Crippen MR) is 163 cm³/mol. The minimum absolute atomic E-state index is 0.0379. The van der Waals surface area contributed by atoms with Crippen LogP contribution in [0.25, 0.3) is 16.6 Å². The van der Waals surface area contributed by atoms with Crippen molar-refractivity contribution in [3.8, 4) is 5.69 Å². The summed E-state index contributed by atoms with van der Waals surface area (Å²) in [5.74, 6) is -0.303. The highest BCUT2D eigenvalue weighted by molar-refractivity contribution is 8.00. The maximum atomic E-state index is 14.0. The van der Waals surface area contributed by atoms with Gasteiger partial charge in [-0.25, -0.2) is 4.98 Å². The van der Waals surface area contributed by atoms with Crippen LogP contribution in [0, 0.1) is 10.1 Å². The number of carbonyl (C=O) groups is 1. The van der Waals surface area contributed by atoms with Gasteiger partial charge in [-0.2, -0.15) is 0 Å². The van der Waals surface area contributed by atoms with Gasteiger partial charge in [-0.3, -0.25) is 24.3 Å². The molecule has 1 unspecified atom stereocenters. The Kier molecular flexibility index (Phi) is 8.19. The summed E-state index contributed by atoms with van der Waals surface area (Å²) in [7, 11) is 0. The molecule has 1 aromatic heterocycles. The van der Waals surface area contributed by atoms with Crippen LogP contribution >= 0.6 is 23.4 Å². The number of aromatic nitrogens is 2. The molecule has 8 nitrogen and oxygen atoms in total. The first kappa shape index (κ1) is 28.1. The van der Waals surface area contributed by atoms with Gasteiger partial charge in [0.2, 0.25) is 5.91 Å². The van der Waals surface area contributed by atoms with E-state index in [0.717, 1.165) is 17.3 Å². The number of thioether (sulfide) groups is 1. The van der Waals surface area contributed by atoms with E-state index in [2.05, 4.69) is 19.2 Å². The molecule has 1 amide bonds. The van der Waals surface area contributed by atoms with E-state index in [0.29, 0.717) is 27.3 Å². The monoisotopic (exact) mass is 584 g/mol. The predicted octanol–water partition coefficient (Wildman–Crippen LogP) is 7.54. The molecular weight excluding hydrogens is 560 g/mol. The van der Waals surface area contributed by atoms with Crippen LogP contribution < -0.4 is 10.9 Å². The van der Waals surface area contributed by atoms with Gasteiger partial charge in [0.05, 0.1) is 32.2 Å². The number of amides is 1. The number of non-ortho nitro benzene ring substituents is 1. The lowest BCUT2D eigenvalue weighted by atomic mass is 10.0. The van der Waals surface area contributed by atoms with E-state index in [1.165, 1.54) is 18.2 Å². The van der Waals surface area contributed by atoms with Gasteiger partial charge in [0, 0.05) is 12.1 Å². The molecule has 0 fully saturated rings.